The number of nitrogens with zero attached hydrogens (tertiary/aromatic N) is 1. The van der Waals surface area contributed by atoms with Crippen molar-refractivity contribution in [3.05, 3.63) is 59.2 Å². The van der Waals surface area contributed by atoms with E-state index in [1.54, 1.807) is 25.3 Å². The number of rotatable bonds is 4. The van der Waals surface area contributed by atoms with Gasteiger partial charge in [-0.1, -0.05) is 13.0 Å². The fourth-order valence-electron chi connectivity index (χ4n) is 3.21. The SMILES string of the molecule is CCC(=O)CC1C=C(F)c2ncc(-c3ccc(F)c(C)c3)cc2CC1. The summed E-state index contributed by atoms with van der Waals surface area (Å²) in [6.45, 7) is 3.54. The van der Waals surface area contributed by atoms with Crippen molar-refractivity contribution in [1.29, 1.82) is 0 Å². The third-order valence-corrected chi connectivity index (χ3v) is 4.73. The normalized spacial score (nSPS) is 16.8. The number of ketones is 1. The van der Waals surface area contributed by atoms with Gasteiger partial charge in [-0.2, -0.15) is 0 Å². The number of benzene rings is 1. The van der Waals surface area contributed by atoms with Crippen LogP contribution < -0.4 is 0 Å². The van der Waals surface area contributed by atoms with Crippen LogP contribution in [-0.2, 0) is 11.2 Å². The second-order valence-corrected chi connectivity index (χ2v) is 6.61. The lowest BCUT2D eigenvalue weighted by Gasteiger charge is -2.10. The smallest absolute Gasteiger partial charge is 0.145 e. The maximum atomic E-state index is 14.5. The first kappa shape index (κ1) is 17.5. The molecular formula is C21H21F2NO. The quantitative estimate of drug-likeness (QED) is 0.741. The monoisotopic (exact) mass is 341 g/mol. The Hall–Kier alpha value is -2.36. The van der Waals surface area contributed by atoms with Gasteiger partial charge in [0.05, 0.1) is 0 Å². The number of halogens is 2. The summed E-state index contributed by atoms with van der Waals surface area (Å²) >= 11 is 0. The third-order valence-electron chi connectivity index (χ3n) is 4.73. The summed E-state index contributed by atoms with van der Waals surface area (Å²) in [5.74, 6) is -0.541. The Kier molecular flexibility index (Phi) is 5.07. The van der Waals surface area contributed by atoms with E-state index in [0.29, 0.717) is 30.5 Å². The first-order valence-corrected chi connectivity index (χ1v) is 8.62. The Morgan fingerprint density at radius 2 is 2.04 bits per heavy atom. The van der Waals surface area contributed by atoms with E-state index in [1.807, 2.05) is 13.0 Å². The van der Waals surface area contributed by atoms with Gasteiger partial charge in [-0.05, 0) is 66.6 Å². The Balaban J connectivity index is 1.90. The van der Waals surface area contributed by atoms with Gasteiger partial charge in [0.2, 0.25) is 0 Å². The van der Waals surface area contributed by atoms with Crippen molar-refractivity contribution in [3.63, 3.8) is 0 Å². The minimum absolute atomic E-state index is 0.0850. The molecule has 0 fully saturated rings. The Morgan fingerprint density at radius 3 is 2.76 bits per heavy atom. The van der Waals surface area contributed by atoms with Crippen molar-refractivity contribution in [1.82, 2.24) is 4.98 Å². The number of hydrogen-bond acceptors (Lipinski definition) is 2. The number of aryl methyl sites for hydroxylation is 2. The molecule has 3 rings (SSSR count). The van der Waals surface area contributed by atoms with Crippen LogP contribution in [0.25, 0.3) is 17.0 Å². The average Bonchev–Trinajstić information content (AvgIpc) is 2.76. The zero-order valence-corrected chi connectivity index (χ0v) is 14.5. The Bertz CT molecular complexity index is 842. The molecule has 1 aromatic heterocycles. The number of aromatic nitrogens is 1. The van der Waals surface area contributed by atoms with E-state index < -0.39 is 0 Å². The number of fused-ring (bicyclic) bond motifs is 1. The lowest BCUT2D eigenvalue weighted by Crippen LogP contribution is -2.05. The highest BCUT2D eigenvalue weighted by atomic mass is 19.1. The average molecular weight is 341 g/mol. The number of Topliss-reactive ketones (excluding diaryl/α,β-unsaturated/α-hetero) is 1. The van der Waals surface area contributed by atoms with Gasteiger partial charge >= 0.3 is 0 Å². The van der Waals surface area contributed by atoms with Crippen molar-refractivity contribution in [3.8, 4) is 11.1 Å². The van der Waals surface area contributed by atoms with Crippen LogP contribution in [0.15, 0.2) is 36.5 Å². The van der Waals surface area contributed by atoms with Gasteiger partial charge in [-0.25, -0.2) is 8.78 Å². The molecule has 2 nitrogen and oxygen atoms in total. The van der Waals surface area contributed by atoms with Gasteiger partial charge in [0.1, 0.15) is 23.1 Å². The van der Waals surface area contributed by atoms with Crippen molar-refractivity contribution in [2.45, 2.75) is 39.5 Å². The molecule has 25 heavy (non-hydrogen) atoms. The number of pyridine rings is 1. The van der Waals surface area contributed by atoms with E-state index in [-0.39, 0.29) is 23.3 Å². The zero-order chi connectivity index (χ0) is 18.0. The number of allylic oxidation sites excluding steroid dienone is 1. The molecule has 0 radical (unpaired) electrons. The summed E-state index contributed by atoms with van der Waals surface area (Å²) < 4.78 is 28.0. The molecule has 1 atom stereocenters. The number of carbonyl (C=O) groups is 1. The van der Waals surface area contributed by atoms with Gasteiger partial charge in [-0.15, -0.1) is 0 Å². The van der Waals surface area contributed by atoms with Crippen LogP contribution in [0.1, 0.15) is 43.0 Å². The summed E-state index contributed by atoms with van der Waals surface area (Å²) in [5.41, 5.74) is 3.46. The van der Waals surface area contributed by atoms with Gasteiger partial charge in [0, 0.05) is 24.6 Å². The van der Waals surface area contributed by atoms with Crippen LogP contribution in [0.5, 0.6) is 0 Å². The third kappa shape index (κ3) is 3.84. The molecular weight excluding hydrogens is 320 g/mol. The minimum Gasteiger partial charge on any atom is -0.300 e. The lowest BCUT2D eigenvalue weighted by atomic mass is 9.95. The van der Waals surface area contributed by atoms with E-state index in [0.717, 1.165) is 23.1 Å². The highest BCUT2D eigenvalue weighted by molar-refractivity contribution is 5.79. The topological polar surface area (TPSA) is 30.0 Å². The van der Waals surface area contributed by atoms with Gasteiger partial charge in [0.15, 0.2) is 0 Å². The van der Waals surface area contributed by atoms with Crippen molar-refractivity contribution in [2.24, 2.45) is 5.92 Å². The van der Waals surface area contributed by atoms with Crippen LogP contribution in [0.4, 0.5) is 8.78 Å². The standard InChI is InChI=1S/C21H21F2NO/c1-3-18(25)9-14-4-5-16-11-17(12-24-21(16)20(23)10-14)15-6-7-19(22)13(2)8-15/h6-8,10-12,14H,3-5,9H2,1-2H3. The summed E-state index contributed by atoms with van der Waals surface area (Å²) in [6.07, 6.45) is 5.40. The zero-order valence-electron chi connectivity index (χ0n) is 14.5. The van der Waals surface area contributed by atoms with Gasteiger partial charge in [0.25, 0.3) is 0 Å². The minimum atomic E-state index is -0.358. The predicted molar refractivity (Wildman–Crippen MR) is 95.2 cm³/mol. The van der Waals surface area contributed by atoms with E-state index >= 15 is 0 Å². The van der Waals surface area contributed by atoms with E-state index in [9.17, 15) is 13.6 Å². The van der Waals surface area contributed by atoms with E-state index in [4.69, 9.17) is 0 Å². The molecule has 1 aliphatic rings. The summed E-state index contributed by atoms with van der Waals surface area (Å²) in [7, 11) is 0. The second-order valence-electron chi connectivity index (χ2n) is 6.61. The number of hydrogen-bond donors (Lipinski definition) is 0. The van der Waals surface area contributed by atoms with Crippen LogP contribution in [0, 0.1) is 18.7 Å². The largest absolute Gasteiger partial charge is 0.300 e. The molecule has 0 amide bonds. The lowest BCUT2D eigenvalue weighted by molar-refractivity contribution is -0.119. The molecule has 0 aliphatic heterocycles. The molecule has 0 saturated heterocycles. The highest BCUT2D eigenvalue weighted by Gasteiger charge is 2.20. The molecule has 0 bridgehead atoms. The van der Waals surface area contributed by atoms with Crippen molar-refractivity contribution < 1.29 is 13.6 Å². The Morgan fingerprint density at radius 1 is 1.24 bits per heavy atom. The maximum absolute atomic E-state index is 14.5. The first-order chi connectivity index (χ1) is 12.0. The fourth-order valence-corrected chi connectivity index (χ4v) is 3.21. The van der Waals surface area contributed by atoms with Crippen LogP contribution in [0.2, 0.25) is 0 Å². The molecule has 0 spiro atoms. The Labute approximate surface area is 146 Å². The summed E-state index contributed by atoms with van der Waals surface area (Å²) in [4.78, 5) is 16.0. The maximum Gasteiger partial charge on any atom is 0.145 e. The molecule has 1 heterocycles. The van der Waals surface area contributed by atoms with Crippen LogP contribution in [0.3, 0.4) is 0 Å². The first-order valence-electron chi connectivity index (χ1n) is 8.62. The molecule has 1 unspecified atom stereocenters. The summed E-state index contributed by atoms with van der Waals surface area (Å²) in [5, 5.41) is 0. The molecule has 0 N–H and O–H groups in total. The van der Waals surface area contributed by atoms with Crippen molar-refractivity contribution >= 4 is 11.6 Å². The van der Waals surface area contributed by atoms with Crippen LogP contribution >= 0.6 is 0 Å². The molecule has 2 aromatic rings. The molecule has 1 aliphatic carbocycles. The fraction of sp³-hybridized carbons (Fsp3) is 0.333. The summed E-state index contributed by atoms with van der Waals surface area (Å²) in [6, 6.07) is 6.83. The number of carbonyl (C=O) groups excluding carboxylic acids is 1. The van der Waals surface area contributed by atoms with Gasteiger partial charge < -0.3 is 0 Å². The van der Waals surface area contributed by atoms with Crippen LogP contribution in [-0.4, -0.2) is 10.8 Å². The second kappa shape index (κ2) is 7.26. The molecule has 0 saturated carbocycles. The molecule has 4 heteroatoms. The van der Waals surface area contributed by atoms with Gasteiger partial charge in [-0.3, -0.25) is 9.78 Å². The predicted octanol–water partition coefficient (Wildman–Crippen LogP) is 5.44. The molecule has 1 aromatic carbocycles. The van der Waals surface area contributed by atoms with E-state index in [1.165, 1.54) is 12.1 Å². The molecule has 130 valence electrons. The highest BCUT2D eigenvalue weighted by Crippen LogP contribution is 2.32. The van der Waals surface area contributed by atoms with E-state index in [2.05, 4.69) is 4.98 Å². The van der Waals surface area contributed by atoms with Crippen molar-refractivity contribution in [2.75, 3.05) is 0 Å².